The van der Waals surface area contributed by atoms with Crippen LogP contribution < -0.4 is 5.73 Å². The maximum atomic E-state index is 12.2. The molecule has 4 atom stereocenters. The van der Waals surface area contributed by atoms with E-state index in [2.05, 4.69) is 18.7 Å². The van der Waals surface area contributed by atoms with E-state index in [9.17, 15) is 4.79 Å². The van der Waals surface area contributed by atoms with Gasteiger partial charge in [0.15, 0.2) is 0 Å². The van der Waals surface area contributed by atoms with E-state index < -0.39 is 5.54 Å². The molecule has 0 aromatic heterocycles. The van der Waals surface area contributed by atoms with Crippen molar-refractivity contribution < 1.29 is 14.3 Å². The maximum Gasteiger partial charge on any atom is 0.326 e. The minimum Gasteiger partial charge on any atom is -0.465 e. The quantitative estimate of drug-likeness (QED) is 0.780. The number of carbonyl (C=O) groups excluding carboxylic acids is 1. The molecule has 5 nitrogen and oxygen atoms in total. The third-order valence-corrected chi connectivity index (χ3v) is 4.82. The van der Waals surface area contributed by atoms with Crippen molar-refractivity contribution in [3.8, 4) is 0 Å². The molecule has 0 aromatic rings. The van der Waals surface area contributed by atoms with Gasteiger partial charge in [-0.2, -0.15) is 0 Å². The highest BCUT2D eigenvalue weighted by atomic mass is 16.5. The lowest BCUT2D eigenvalue weighted by Crippen LogP contribution is -2.53. The van der Waals surface area contributed by atoms with E-state index in [1.165, 1.54) is 0 Å². The Labute approximate surface area is 128 Å². The van der Waals surface area contributed by atoms with Crippen molar-refractivity contribution in [2.24, 2.45) is 11.7 Å². The number of carbonyl (C=O) groups is 1. The van der Waals surface area contributed by atoms with Gasteiger partial charge < -0.3 is 15.2 Å². The molecule has 1 heterocycles. The van der Waals surface area contributed by atoms with Gasteiger partial charge in [-0.1, -0.05) is 6.42 Å². The first-order valence-electron chi connectivity index (χ1n) is 8.29. The van der Waals surface area contributed by atoms with Crippen LogP contribution in [0.4, 0.5) is 0 Å². The van der Waals surface area contributed by atoms with Gasteiger partial charge in [-0.3, -0.25) is 9.69 Å². The fourth-order valence-corrected chi connectivity index (χ4v) is 3.84. The number of morpholine rings is 1. The number of hydrogen-bond donors (Lipinski definition) is 1. The van der Waals surface area contributed by atoms with E-state index in [4.69, 9.17) is 15.2 Å². The smallest absolute Gasteiger partial charge is 0.326 e. The summed E-state index contributed by atoms with van der Waals surface area (Å²) in [6.07, 6.45) is 4.34. The Hall–Kier alpha value is -0.650. The van der Waals surface area contributed by atoms with Crippen molar-refractivity contribution in [3.63, 3.8) is 0 Å². The monoisotopic (exact) mass is 298 g/mol. The summed E-state index contributed by atoms with van der Waals surface area (Å²) in [5, 5.41) is 0. The SMILES string of the molecule is CCOC(=O)C1(N)CCCC1CCN1CC(C)OC(C)C1. The Kier molecular flexibility index (Phi) is 5.63. The molecule has 0 bridgehead atoms. The second-order valence-electron chi connectivity index (χ2n) is 6.66. The minimum atomic E-state index is -0.764. The summed E-state index contributed by atoms with van der Waals surface area (Å²) in [6, 6.07) is 0. The van der Waals surface area contributed by atoms with Crippen LogP contribution in [0.3, 0.4) is 0 Å². The van der Waals surface area contributed by atoms with E-state index in [0.717, 1.165) is 45.3 Å². The number of esters is 1. The molecule has 1 saturated carbocycles. The highest BCUT2D eigenvalue weighted by Crippen LogP contribution is 2.37. The van der Waals surface area contributed by atoms with Gasteiger partial charge in [0.05, 0.1) is 18.8 Å². The molecular weight excluding hydrogens is 268 g/mol. The highest BCUT2D eigenvalue weighted by Gasteiger charge is 2.46. The molecule has 2 rings (SSSR count). The summed E-state index contributed by atoms with van der Waals surface area (Å²) < 4.78 is 10.9. The molecule has 1 saturated heterocycles. The van der Waals surface area contributed by atoms with Crippen LogP contribution in [0, 0.1) is 5.92 Å². The van der Waals surface area contributed by atoms with Crippen LogP contribution in [0.2, 0.25) is 0 Å². The van der Waals surface area contributed by atoms with E-state index >= 15 is 0 Å². The van der Waals surface area contributed by atoms with Crippen molar-refractivity contribution in [1.82, 2.24) is 4.90 Å². The zero-order valence-electron chi connectivity index (χ0n) is 13.6. The zero-order chi connectivity index (χ0) is 15.5. The maximum absolute atomic E-state index is 12.2. The van der Waals surface area contributed by atoms with Gasteiger partial charge >= 0.3 is 5.97 Å². The fraction of sp³-hybridized carbons (Fsp3) is 0.938. The summed E-state index contributed by atoms with van der Waals surface area (Å²) in [4.78, 5) is 14.6. The number of hydrogen-bond acceptors (Lipinski definition) is 5. The molecule has 0 spiro atoms. The summed E-state index contributed by atoms with van der Waals surface area (Å²) in [7, 11) is 0. The van der Waals surface area contributed by atoms with Crippen molar-refractivity contribution in [3.05, 3.63) is 0 Å². The second kappa shape index (κ2) is 7.07. The van der Waals surface area contributed by atoms with Gasteiger partial charge in [0.1, 0.15) is 5.54 Å². The molecule has 1 aliphatic carbocycles. The van der Waals surface area contributed by atoms with Crippen molar-refractivity contribution in [2.45, 2.75) is 64.2 Å². The molecule has 122 valence electrons. The Bertz CT molecular complexity index is 353. The number of ether oxygens (including phenoxy) is 2. The van der Waals surface area contributed by atoms with Crippen molar-refractivity contribution in [1.29, 1.82) is 0 Å². The molecule has 2 aliphatic rings. The summed E-state index contributed by atoms with van der Waals surface area (Å²) in [5.74, 6) is 0.0289. The van der Waals surface area contributed by atoms with Gasteiger partial charge in [-0.15, -0.1) is 0 Å². The molecule has 4 unspecified atom stereocenters. The fourth-order valence-electron chi connectivity index (χ4n) is 3.84. The second-order valence-corrected chi connectivity index (χ2v) is 6.66. The van der Waals surface area contributed by atoms with E-state index in [1.807, 2.05) is 6.92 Å². The van der Waals surface area contributed by atoms with E-state index in [-0.39, 0.29) is 24.1 Å². The van der Waals surface area contributed by atoms with Gasteiger partial charge in [0, 0.05) is 13.1 Å². The first-order valence-corrected chi connectivity index (χ1v) is 8.29. The third-order valence-electron chi connectivity index (χ3n) is 4.82. The topological polar surface area (TPSA) is 64.8 Å². The van der Waals surface area contributed by atoms with Crippen molar-refractivity contribution >= 4 is 5.97 Å². The van der Waals surface area contributed by atoms with Crippen LogP contribution in [0.5, 0.6) is 0 Å². The lowest BCUT2D eigenvalue weighted by Gasteiger charge is -2.37. The van der Waals surface area contributed by atoms with Gasteiger partial charge in [0.2, 0.25) is 0 Å². The minimum absolute atomic E-state index is 0.212. The lowest BCUT2D eigenvalue weighted by molar-refractivity contribution is -0.151. The molecule has 21 heavy (non-hydrogen) atoms. The van der Waals surface area contributed by atoms with Crippen LogP contribution in [-0.2, 0) is 14.3 Å². The zero-order valence-corrected chi connectivity index (χ0v) is 13.6. The number of rotatable bonds is 5. The Balaban J connectivity index is 1.88. The average molecular weight is 298 g/mol. The lowest BCUT2D eigenvalue weighted by atomic mass is 9.85. The first kappa shape index (κ1) is 16.7. The van der Waals surface area contributed by atoms with Gasteiger partial charge in [0.25, 0.3) is 0 Å². The average Bonchev–Trinajstić information content (AvgIpc) is 2.78. The molecular formula is C16H30N2O3. The Morgan fingerprint density at radius 1 is 1.38 bits per heavy atom. The largest absolute Gasteiger partial charge is 0.465 e. The molecule has 2 fully saturated rings. The molecule has 1 aliphatic heterocycles. The molecule has 0 aromatic carbocycles. The number of nitrogens with zero attached hydrogens (tertiary/aromatic N) is 1. The van der Waals surface area contributed by atoms with Crippen LogP contribution >= 0.6 is 0 Å². The van der Waals surface area contributed by atoms with Crippen LogP contribution in [0.25, 0.3) is 0 Å². The van der Waals surface area contributed by atoms with Crippen LogP contribution in [0.1, 0.15) is 46.5 Å². The Morgan fingerprint density at radius 2 is 2.05 bits per heavy atom. The standard InChI is InChI=1S/C16H30N2O3/c1-4-20-15(19)16(17)8-5-6-14(16)7-9-18-10-12(2)21-13(3)11-18/h12-14H,4-11,17H2,1-3H3. The van der Waals surface area contributed by atoms with Gasteiger partial charge in [-0.05, 0) is 52.5 Å². The first-order chi connectivity index (χ1) is 9.95. The van der Waals surface area contributed by atoms with Crippen LogP contribution in [-0.4, -0.2) is 54.9 Å². The highest BCUT2D eigenvalue weighted by molar-refractivity contribution is 5.81. The van der Waals surface area contributed by atoms with Crippen LogP contribution in [0.15, 0.2) is 0 Å². The molecule has 5 heteroatoms. The molecule has 0 amide bonds. The van der Waals surface area contributed by atoms with E-state index in [1.54, 1.807) is 0 Å². The summed E-state index contributed by atoms with van der Waals surface area (Å²) >= 11 is 0. The normalized spacial score (nSPS) is 37.6. The number of nitrogens with two attached hydrogens (primary N) is 1. The Morgan fingerprint density at radius 3 is 2.67 bits per heavy atom. The predicted molar refractivity (Wildman–Crippen MR) is 82.0 cm³/mol. The van der Waals surface area contributed by atoms with E-state index in [0.29, 0.717) is 6.61 Å². The summed E-state index contributed by atoms with van der Waals surface area (Å²) in [5.41, 5.74) is 5.62. The summed E-state index contributed by atoms with van der Waals surface area (Å²) in [6.45, 7) is 9.39. The van der Waals surface area contributed by atoms with Gasteiger partial charge in [-0.25, -0.2) is 0 Å². The third kappa shape index (κ3) is 3.96. The predicted octanol–water partition coefficient (Wildman–Crippen LogP) is 1.55. The molecule has 0 radical (unpaired) electrons. The molecule has 2 N–H and O–H groups in total. The van der Waals surface area contributed by atoms with Crippen molar-refractivity contribution in [2.75, 3.05) is 26.2 Å².